The molecule has 0 aliphatic heterocycles. The number of halogens is 4. The standard InChI is InChI=1S/C32H32Cl2F2O8S/c1-17-13-19-20-15-22(35)21-14-18(37)8-9-29(21,2)31(20,36)24(38)16-30(19,3)32(17,44-26(39)23-7-6-11-42-23)28(41)45-12-5-4-10-43-27(40)25(33)34/h6-9,11,14,17,19-20,22,24-25,38H,10,12-13,15-16H2,1-3H3/t17-,19+,20+,22+,24+,29+,30+,31+,32+/m1/s1. The zero-order valence-electron chi connectivity index (χ0n) is 24.7. The van der Waals surface area contributed by atoms with Gasteiger partial charge in [-0.25, -0.2) is 18.4 Å². The molecule has 1 heterocycles. The quantitative estimate of drug-likeness (QED) is 0.240. The maximum Gasteiger partial charge on any atom is 0.375 e. The van der Waals surface area contributed by atoms with E-state index in [1.807, 2.05) is 0 Å². The number of aliphatic hydroxyl groups is 1. The maximum absolute atomic E-state index is 17.6. The Morgan fingerprint density at radius 1 is 1.22 bits per heavy atom. The van der Waals surface area contributed by atoms with Crippen LogP contribution < -0.4 is 0 Å². The highest BCUT2D eigenvalue weighted by molar-refractivity contribution is 8.14. The van der Waals surface area contributed by atoms with Crippen LogP contribution in [0.1, 0.15) is 50.6 Å². The third-order valence-electron chi connectivity index (χ3n) is 10.3. The molecule has 242 valence electrons. The van der Waals surface area contributed by atoms with Crippen molar-refractivity contribution in [3.05, 3.63) is 48.0 Å². The van der Waals surface area contributed by atoms with Crippen LogP contribution in [0.25, 0.3) is 0 Å². The number of allylic oxidation sites excluding steroid dienone is 4. The van der Waals surface area contributed by atoms with Gasteiger partial charge in [-0.1, -0.05) is 66.7 Å². The molecule has 4 aliphatic carbocycles. The first-order chi connectivity index (χ1) is 21.1. The number of alkyl halides is 4. The Labute approximate surface area is 273 Å². The van der Waals surface area contributed by atoms with Gasteiger partial charge in [0.15, 0.2) is 23.7 Å². The fourth-order valence-electron chi connectivity index (χ4n) is 8.29. The number of thioether (sulfide) groups is 1. The van der Waals surface area contributed by atoms with E-state index in [0.29, 0.717) is 0 Å². The molecule has 0 spiro atoms. The van der Waals surface area contributed by atoms with Gasteiger partial charge < -0.3 is 19.0 Å². The average molecular weight is 686 g/mol. The zero-order valence-corrected chi connectivity index (χ0v) is 27.0. The van der Waals surface area contributed by atoms with E-state index < -0.39 is 79.8 Å². The topological polar surface area (TPSA) is 120 Å². The largest absolute Gasteiger partial charge is 0.457 e. The molecule has 5 rings (SSSR count). The van der Waals surface area contributed by atoms with Crippen LogP contribution in [0.4, 0.5) is 8.78 Å². The van der Waals surface area contributed by atoms with E-state index >= 15 is 8.78 Å². The Balaban J connectivity index is 1.51. The lowest BCUT2D eigenvalue weighted by molar-refractivity contribution is -0.221. The van der Waals surface area contributed by atoms with Gasteiger partial charge in [0.1, 0.15) is 6.17 Å². The Kier molecular flexibility index (Phi) is 9.12. The molecule has 0 saturated heterocycles. The third kappa shape index (κ3) is 5.16. The van der Waals surface area contributed by atoms with Gasteiger partial charge >= 0.3 is 11.9 Å². The van der Waals surface area contributed by atoms with Gasteiger partial charge in [0.2, 0.25) is 15.7 Å². The molecule has 0 unspecified atom stereocenters. The maximum atomic E-state index is 17.6. The summed E-state index contributed by atoms with van der Waals surface area (Å²) in [6, 6.07) is 2.87. The van der Waals surface area contributed by atoms with Crippen LogP contribution in [-0.4, -0.2) is 68.7 Å². The fraction of sp³-hybridized carbons (Fsp3) is 0.562. The van der Waals surface area contributed by atoms with E-state index in [2.05, 4.69) is 11.8 Å². The fourth-order valence-corrected chi connectivity index (χ4v) is 9.41. The van der Waals surface area contributed by atoms with Crippen molar-refractivity contribution in [3.63, 3.8) is 0 Å². The van der Waals surface area contributed by atoms with Gasteiger partial charge in [0.05, 0.1) is 18.1 Å². The molecular weight excluding hydrogens is 653 g/mol. The minimum Gasteiger partial charge on any atom is -0.457 e. The summed E-state index contributed by atoms with van der Waals surface area (Å²) in [6.45, 7) is 4.57. The van der Waals surface area contributed by atoms with E-state index in [-0.39, 0.29) is 43.0 Å². The normalized spacial score (nSPS) is 38.3. The van der Waals surface area contributed by atoms with E-state index in [1.165, 1.54) is 37.5 Å². The van der Waals surface area contributed by atoms with Gasteiger partial charge in [-0.05, 0) is 62.0 Å². The summed E-state index contributed by atoms with van der Waals surface area (Å²) < 4.78 is 49.6. The van der Waals surface area contributed by atoms with Crippen LogP contribution in [0.2, 0.25) is 0 Å². The van der Waals surface area contributed by atoms with Gasteiger partial charge in [-0.3, -0.25) is 9.59 Å². The van der Waals surface area contributed by atoms with Crippen LogP contribution in [0.15, 0.2) is 46.6 Å². The first-order valence-corrected chi connectivity index (χ1v) is 16.3. The average Bonchev–Trinajstić information content (AvgIpc) is 3.60. The Morgan fingerprint density at radius 2 is 1.96 bits per heavy atom. The van der Waals surface area contributed by atoms with E-state index in [9.17, 15) is 24.3 Å². The zero-order chi connectivity index (χ0) is 32.9. The first-order valence-electron chi connectivity index (χ1n) is 14.4. The van der Waals surface area contributed by atoms with Crippen molar-refractivity contribution in [1.82, 2.24) is 0 Å². The Hall–Kier alpha value is -2.65. The number of carbonyl (C=O) groups excluding carboxylic acids is 4. The van der Waals surface area contributed by atoms with Crippen LogP contribution in [0, 0.1) is 40.4 Å². The minimum absolute atomic E-state index is 0.0125. The van der Waals surface area contributed by atoms with E-state index in [1.54, 1.807) is 13.8 Å². The number of hydrogen-bond donors (Lipinski definition) is 1. The molecule has 0 bridgehead atoms. The van der Waals surface area contributed by atoms with Crippen molar-refractivity contribution in [1.29, 1.82) is 0 Å². The molecule has 0 radical (unpaired) electrons. The predicted octanol–water partition coefficient (Wildman–Crippen LogP) is 5.35. The lowest BCUT2D eigenvalue weighted by Crippen LogP contribution is -2.70. The minimum atomic E-state index is -2.37. The molecule has 4 aliphatic rings. The molecule has 1 aromatic rings. The number of esters is 2. The van der Waals surface area contributed by atoms with Crippen LogP contribution in [-0.2, 0) is 23.9 Å². The van der Waals surface area contributed by atoms with Gasteiger partial charge in [0, 0.05) is 22.7 Å². The summed E-state index contributed by atoms with van der Waals surface area (Å²) in [5.41, 5.74) is -7.19. The number of ketones is 1. The molecule has 13 heteroatoms. The van der Waals surface area contributed by atoms with E-state index in [4.69, 9.17) is 37.1 Å². The second-order valence-corrected chi connectivity index (χ2v) is 14.5. The molecular formula is C32H32Cl2F2O8S. The summed E-state index contributed by atoms with van der Waals surface area (Å²) in [5.74, 6) is 0.380. The molecule has 9 atom stereocenters. The first kappa shape index (κ1) is 33.7. The van der Waals surface area contributed by atoms with Crippen molar-refractivity contribution in [3.8, 4) is 11.8 Å². The van der Waals surface area contributed by atoms with E-state index in [0.717, 1.165) is 17.8 Å². The second-order valence-electron chi connectivity index (χ2n) is 12.4. The lowest BCUT2D eigenvalue weighted by atomic mass is 9.44. The molecule has 1 N–H and O–H groups in total. The van der Waals surface area contributed by atoms with Crippen molar-refractivity contribution in [2.24, 2.45) is 28.6 Å². The molecule has 45 heavy (non-hydrogen) atoms. The van der Waals surface area contributed by atoms with Crippen LogP contribution in [0.3, 0.4) is 0 Å². The Bertz CT molecular complexity index is 1520. The molecule has 0 aromatic carbocycles. The number of fused-ring (bicyclic) bond motifs is 5. The molecule has 0 amide bonds. The number of carbonyl (C=O) groups is 4. The SMILES string of the molecule is C[C@@H]1C[C@H]2[C@@H]3C[C@H](F)C4=CC(=O)C=C[C@]4(C)[C@@]3(F)[C@@H](O)C[C@]2(C)[C@@]1(OC(=O)c1ccco1)C(=O)SCC#CCOC(=O)C(Cl)Cl. The highest BCUT2D eigenvalue weighted by Gasteiger charge is 2.78. The molecule has 3 fully saturated rings. The smallest absolute Gasteiger partial charge is 0.375 e. The number of aliphatic hydroxyl groups excluding tert-OH is 1. The number of ether oxygens (including phenoxy) is 2. The van der Waals surface area contributed by atoms with Crippen molar-refractivity contribution in [2.75, 3.05) is 12.4 Å². The number of rotatable bonds is 6. The lowest BCUT2D eigenvalue weighted by Gasteiger charge is -2.63. The monoisotopic (exact) mass is 684 g/mol. The highest BCUT2D eigenvalue weighted by atomic mass is 35.5. The van der Waals surface area contributed by atoms with Crippen LogP contribution in [0.5, 0.6) is 0 Å². The van der Waals surface area contributed by atoms with Crippen molar-refractivity contribution < 1.29 is 47.0 Å². The van der Waals surface area contributed by atoms with Crippen LogP contribution >= 0.6 is 35.0 Å². The summed E-state index contributed by atoms with van der Waals surface area (Å²) in [7, 11) is 0. The second kappa shape index (κ2) is 12.2. The molecule has 3 saturated carbocycles. The number of furan rings is 1. The summed E-state index contributed by atoms with van der Waals surface area (Å²) in [5, 5.41) is 11.1. The summed E-state index contributed by atoms with van der Waals surface area (Å²) in [6.07, 6.45) is 1.16. The van der Waals surface area contributed by atoms with Gasteiger partial charge in [-0.15, -0.1) is 0 Å². The summed E-state index contributed by atoms with van der Waals surface area (Å²) >= 11 is 11.6. The third-order valence-corrected chi connectivity index (χ3v) is 11.5. The number of hydrogen-bond acceptors (Lipinski definition) is 9. The van der Waals surface area contributed by atoms with Gasteiger partial charge in [-0.2, -0.15) is 0 Å². The highest BCUT2D eigenvalue weighted by Crippen LogP contribution is 2.72. The molecule has 1 aromatic heterocycles. The van der Waals surface area contributed by atoms with Crippen molar-refractivity contribution >= 4 is 57.8 Å². The molecule has 8 nitrogen and oxygen atoms in total. The van der Waals surface area contributed by atoms with Crippen molar-refractivity contribution in [2.45, 2.75) is 68.4 Å². The predicted molar refractivity (Wildman–Crippen MR) is 162 cm³/mol. The Morgan fingerprint density at radius 3 is 2.62 bits per heavy atom. The summed E-state index contributed by atoms with van der Waals surface area (Å²) in [4.78, 5) is 49.9. The van der Waals surface area contributed by atoms with Gasteiger partial charge in [0.25, 0.3) is 0 Å².